The third-order valence-corrected chi connectivity index (χ3v) is 3.31. The number of aliphatic hydroxyl groups excluding tert-OH is 1. The molecule has 1 rings (SSSR count). The number of nitrogen functional groups attached to an aromatic ring is 1. The first kappa shape index (κ1) is 11.9. The summed E-state index contributed by atoms with van der Waals surface area (Å²) in [5.41, 5.74) is 6.63. The van der Waals surface area contributed by atoms with E-state index in [1.165, 1.54) is 0 Å². The van der Waals surface area contributed by atoms with Gasteiger partial charge < -0.3 is 10.8 Å². The van der Waals surface area contributed by atoms with Crippen molar-refractivity contribution in [2.75, 3.05) is 18.1 Å². The summed E-state index contributed by atoms with van der Waals surface area (Å²) < 4.78 is 0. The summed E-state index contributed by atoms with van der Waals surface area (Å²) in [7, 11) is 0. The fourth-order valence-electron chi connectivity index (χ4n) is 1.01. The zero-order valence-electron chi connectivity index (χ0n) is 8.60. The molecular formula is C11H14N2OS. The number of rotatable bonds is 4. The monoisotopic (exact) mass is 222 g/mol. The number of nitriles is 1. The highest BCUT2D eigenvalue weighted by atomic mass is 32.2. The maximum Gasteiger partial charge on any atom is 0.101 e. The smallest absolute Gasteiger partial charge is 0.101 e. The Morgan fingerprint density at radius 1 is 1.60 bits per heavy atom. The van der Waals surface area contributed by atoms with E-state index < -0.39 is 0 Å². The lowest BCUT2D eigenvalue weighted by Crippen LogP contribution is -2.03. The summed E-state index contributed by atoms with van der Waals surface area (Å²) in [6.45, 7) is 2.17. The molecule has 3 nitrogen and oxygen atoms in total. The topological polar surface area (TPSA) is 70.0 Å². The second-order valence-electron chi connectivity index (χ2n) is 3.46. The van der Waals surface area contributed by atoms with Gasteiger partial charge in [0.1, 0.15) is 6.07 Å². The van der Waals surface area contributed by atoms with Crippen LogP contribution in [0.3, 0.4) is 0 Å². The van der Waals surface area contributed by atoms with Crippen molar-refractivity contribution in [3.8, 4) is 6.07 Å². The molecule has 1 aromatic carbocycles. The molecule has 1 atom stereocenters. The van der Waals surface area contributed by atoms with Gasteiger partial charge in [-0.2, -0.15) is 5.26 Å². The van der Waals surface area contributed by atoms with E-state index >= 15 is 0 Å². The number of thioether (sulfide) groups is 1. The van der Waals surface area contributed by atoms with Crippen LogP contribution in [0.1, 0.15) is 12.5 Å². The van der Waals surface area contributed by atoms with Gasteiger partial charge in [0.15, 0.2) is 0 Å². The highest BCUT2D eigenvalue weighted by molar-refractivity contribution is 7.99. The third-order valence-electron chi connectivity index (χ3n) is 1.99. The average Bonchev–Trinajstić information content (AvgIpc) is 2.27. The first-order valence-corrected chi connectivity index (χ1v) is 5.69. The molecule has 0 radical (unpaired) electrons. The number of nitrogens with two attached hydrogens (primary N) is 1. The lowest BCUT2D eigenvalue weighted by molar-refractivity contribution is 0.250. The number of hydrogen-bond acceptors (Lipinski definition) is 4. The van der Waals surface area contributed by atoms with Crippen LogP contribution in [0.5, 0.6) is 0 Å². The summed E-state index contributed by atoms with van der Waals surface area (Å²) in [6.07, 6.45) is 0. The molecule has 0 heterocycles. The van der Waals surface area contributed by atoms with E-state index in [1.54, 1.807) is 23.9 Å². The molecule has 1 unspecified atom stereocenters. The molecule has 0 aromatic heterocycles. The van der Waals surface area contributed by atoms with Crippen molar-refractivity contribution in [2.24, 2.45) is 5.92 Å². The van der Waals surface area contributed by atoms with Crippen molar-refractivity contribution in [3.05, 3.63) is 23.8 Å². The maximum absolute atomic E-state index is 8.87. The summed E-state index contributed by atoms with van der Waals surface area (Å²) in [6, 6.07) is 7.47. The van der Waals surface area contributed by atoms with E-state index in [1.807, 2.05) is 19.1 Å². The lowest BCUT2D eigenvalue weighted by Gasteiger charge is -2.07. The van der Waals surface area contributed by atoms with Crippen molar-refractivity contribution in [1.29, 1.82) is 5.26 Å². The molecule has 15 heavy (non-hydrogen) atoms. The van der Waals surface area contributed by atoms with E-state index in [2.05, 4.69) is 0 Å². The van der Waals surface area contributed by atoms with Crippen molar-refractivity contribution >= 4 is 17.4 Å². The van der Waals surface area contributed by atoms with E-state index in [4.69, 9.17) is 16.1 Å². The molecule has 0 aliphatic rings. The minimum absolute atomic E-state index is 0.188. The summed E-state index contributed by atoms with van der Waals surface area (Å²) >= 11 is 1.62. The van der Waals surface area contributed by atoms with E-state index in [0.29, 0.717) is 11.3 Å². The van der Waals surface area contributed by atoms with Crippen LogP contribution < -0.4 is 5.73 Å². The molecule has 0 fully saturated rings. The molecule has 0 aliphatic carbocycles. The Kier molecular flexibility index (Phi) is 4.47. The second kappa shape index (κ2) is 5.64. The third kappa shape index (κ3) is 3.46. The number of anilines is 1. The quantitative estimate of drug-likeness (QED) is 0.602. The fraction of sp³-hybridized carbons (Fsp3) is 0.364. The number of nitrogens with zero attached hydrogens (tertiary/aromatic N) is 1. The Balaban J connectivity index is 2.67. The van der Waals surface area contributed by atoms with Crippen LogP contribution in [-0.4, -0.2) is 17.5 Å². The van der Waals surface area contributed by atoms with Gasteiger partial charge in [0.2, 0.25) is 0 Å². The molecule has 1 aromatic rings. The van der Waals surface area contributed by atoms with Crippen LogP contribution in [0.15, 0.2) is 23.1 Å². The van der Waals surface area contributed by atoms with Crippen molar-refractivity contribution in [3.63, 3.8) is 0 Å². The maximum atomic E-state index is 8.87. The SMILES string of the molecule is CC(CO)CSc1ccc(N)c(C#N)c1. The van der Waals surface area contributed by atoms with E-state index in [0.717, 1.165) is 10.6 Å². The number of hydrogen-bond donors (Lipinski definition) is 2. The normalized spacial score (nSPS) is 12.1. The minimum Gasteiger partial charge on any atom is -0.398 e. The predicted octanol–water partition coefficient (Wildman–Crippen LogP) is 1.86. The molecule has 0 saturated heterocycles. The first-order chi connectivity index (χ1) is 7.17. The van der Waals surface area contributed by atoms with E-state index in [-0.39, 0.29) is 12.5 Å². The zero-order chi connectivity index (χ0) is 11.3. The van der Waals surface area contributed by atoms with E-state index in [9.17, 15) is 0 Å². The predicted molar refractivity (Wildman–Crippen MR) is 62.5 cm³/mol. The van der Waals surface area contributed by atoms with Gasteiger partial charge >= 0.3 is 0 Å². The van der Waals surface area contributed by atoms with Crippen molar-refractivity contribution < 1.29 is 5.11 Å². The van der Waals surface area contributed by atoms with Crippen LogP contribution in [0, 0.1) is 17.2 Å². The summed E-state index contributed by atoms with van der Waals surface area (Å²) in [5.74, 6) is 1.10. The number of aliphatic hydroxyl groups is 1. The molecule has 0 spiro atoms. The highest BCUT2D eigenvalue weighted by Gasteiger charge is 2.04. The molecule has 0 aliphatic heterocycles. The molecular weight excluding hydrogens is 208 g/mol. The largest absolute Gasteiger partial charge is 0.398 e. The standard InChI is InChI=1S/C11H14N2OS/c1-8(6-14)7-15-10-2-3-11(13)9(4-10)5-12/h2-4,8,14H,6-7,13H2,1H3. The Labute approximate surface area is 93.9 Å². The molecule has 4 heteroatoms. The molecule has 80 valence electrons. The van der Waals surface area contributed by atoms with Crippen LogP contribution in [0.4, 0.5) is 5.69 Å². The second-order valence-corrected chi connectivity index (χ2v) is 4.55. The van der Waals surface area contributed by atoms with Gasteiger partial charge in [-0.3, -0.25) is 0 Å². The first-order valence-electron chi connectivity index (χ1n) is 4.70. The van der Waals surface area contributed by atoms with Crippen LogP contribution in [0.2, 0.25) is 0 Å². The van der Waals surface area contributed by atoms with Gasteiger partial charge in [0.25, 0.3) is 0 Å². The Hall–Kier alpha value is -1.18. The van der Waals surface area contributed by atoms with Gasteiger partial charge in [0.05, 0.1) is 5.56 Å². The van der Waals surface area contributed by atoms with Crippen LogP contribution in [-0.2, 0) is 0 Å². The minimum atomic E-state index is 0.188. The number of benzene rings is 1. The average molecular weight is 222 g/mol. The zero-order valence-corrected chi connectivity index (χ0v) is 9.42. The molecule has 0 amide bonds. The summed E-state index contributed by atoms with van der Waals surface area (Å²) in [5, 5.41) is 17.7. The van der Waals surface area contributed by atoms with Gasteiger partial charge in [-0.05, 0) is 24.1 Å². The summed E-state index contributed by atoms with van der Waals surface area (Å²) in [4.78, 5) is 1.01. The lowest BCUT2D eigenvalue weighted by atomic mass is 10.2. The Bertz CT molecular complexity index is 373. The van der Waals surface area contributed by atoms with Crippen LogP contribution in [0.25, 0.3) is 0 Å². The molecule has 0 saturated carbocycles. The fourth-order valence-corrected chi connectivity index (χ4v) is 1.96. The van der Waals surface area contributed by atoms with Gasteiger partial charge in [-0.15, -0.1) is 11.8 Å². The van der Waals surface area contributed by atoms with Crippen molar-refractivity contribution in [2.45, 2.75) is 11.8 Å². The van der Waals surface area contributed by atoms with Gasteiger partial charge in [-0.1, -0.05) is 6.92 Å². The van der Waals surface area contributed by atoms with Gasteiger partial charge in [-0.25, -0.2) is 0 Å². The van der Waals surface area contributed by atoms with Crippen LogP contribution >= 0.6 is 11.8 Å². The van der Waals surface area contributed by atoms with Crippen molar-refractivity contribution in [1.82, 2.24) is 0 Å². The molecule has 0 bridgehead atoms. The molecule has 3 N–H and O–H groups in total. The highest BCUT2D eigenvalue weighted by Crippen LogP contribution is 2.24. The van der Waals surface area contributed by atoms with Gasteiger partial charge in [0, 0.05) is 22.9 Å². The Morgan fingerprint density at radius 2 is 2.33 bits per heavy atom. The Morgan fingerprint density at radius 3 is 2.93 bits per heavy atom.